The van der Waals surface area contributed by atoms with Crippen LogP contribution in [0.25, 0.3) is 11.0 Å². The summed E-state index contributed by atoms with van der Waals surface area (Å²) in [7, 11) is 0. The number of rotatable bonds is 4. The van der Waals surface area contributed by atoms with Gasteiger partial charge in [-0.15, -0.1) is 0 Å². The van der Waals surface area contributed by atoms with Crippen molar-refractivity contribution in [3.05, 3.63) is 36.1 Å². The van der Waals surface area contributed by atoms with E-state index in [2.05, 4.69) is 10.6 Å². The molecule has 3 amide bonds. The normalized spacial score (nSPS) is 16.0. The molecule has 0 bridgehead atoms. The van der Waals surface area contributed by atoms with Gasteiger partial charge in [-0.2, -0.15) is 0 Å². The van der Waals surface area contributed by atoms with E-state index < -0.39 is 0 Å². The number of benzene rings is 1. The average molecular weight is 329 g/mol. The third-order valence-electron chi connectivity index (χ3n) is 4.33. The quantitative estimate of drug-likeness (QED) is 0.906. The van der Waals surface area contributed by atoms with Gasteiger partial charge in [0, 0.05) is 18.5 Å². The lowest BCUT2D eigenvalue weighted by Gasteiger charge is -2.26. The molecule has 2 heterocycles. The highest BCUT2D eigenvalue weighted by atomic mass is 16.3. The number of carbonyl (C=O) groups is 2. The first-order chi connectivity index (χ1) is 11.6. The van der Waals surface area contributed by atoms with E-state index in [0.717, 1.165) is 36.9 Å². The number of nitrogens with one attached hydrogen (secondary N) is 2. The summed E-state index contributed by atoms with van der Waals surface area (Å²) < 4.78 is 5.73. The summed E-state index contributed by atoms with van der Waals surface area (Å²) in [6.07, 6.45) is 3.26. The zero-order valence-electron chi connectivity index (χ0n) is 13.9. The fourth-order valence-electron chi connectivity index (χ4n) is 2.95. The maximum atomic E-state index is 12.0. The Balaban J connectivity index is 1.49. The van der Waals surface area contributed by atoms with Gasteiger partial charge in [-0.25, -0.2) is 4.79 Å². The number of piperidine rings is 1. The number of likely N-dealkylation sites (tertiary alicyclic amines) is 1. The van der Waals surface area contributed by atoms with Crippen LogP contribution in [0.1, 0.15) is 38.0 Å². The van der Waals surface area contributed by atoms with Gasteiger partial charge in [-0.05, 0) is 38.3 Å². The van der Waals surface area contributed by atoms with Gasteiger partial charge in [-0.1, -0.05) is 18.2 Å². The summed E-state index contributed by atoms with van der Waals surface area (Å²) in [5.74, 6) is 0.662. The van der Waals surface area contributed by atoms with E-state index in [9.17, 15) is 9.59 Å². The number of fused-ring (bicyclic) bond motifs is 1. The van der Waals surface area contributed by atoms with E-state index in [0.29, 0.717) is 5.76 Å². The molecule has 6 heteroatoms. The zero-order chi connectivity index (χ0) is 16.9. The lowest BCUT2D eigenvalue weighted by molar-refractivity contribution is -0.130. The van der Waals surface area contributed by atoms with E-state index in [4.69, 9.17) is 4.42 Å². The van der Waals surface area contributed by atoms with Gasteiger partial charge in [0.25, 0.3) is 0 Å². The van der Waals surface area contributed by atoms with Crippen LogP contribution in [0.5, 0.6) is 0 Å². The maximum Gasteiger partial charge on any atom is 0.315 e. The topological polar surface area (TPSA) is 74.6 Å². The highest BCUT2D eigenvalue weighted by Crippen LogP contribution is 2.23. The number of urea groups is 1. The molecular weight excluding hydrogens is 306 g/mol. The summed E-state index contributed by atoms with van der Waals surface area (Å²) in [5, 5.41) is 6.43. The minimum absolute atomic E-state index is 0.0265. The molecule has 1 aromatic carbocycles. The van der Waals surface area contributed by atoms with E-state index >= 15 is 0 Å². The van der Waals surface area contributed by atoms with Crippen molar-refractivity contribution in [2.24, 2.45) is 0 Å². The van der Waals surface area contributed by atoms with Crippen LogP contribution in [0, 0.1) is 0 Å². The number of hydrogen-bond acceptors (Lipinski definition) is 3. The van der Waals surface area contributed by atoms with Crippen molar-refractivity contribution in [2.45, 2.75) is 32.2 Å². The first kappa shape index (κ1) is 16.4. The van der Waals surface area contributed by atoms with Gasteiger partial charge >= 0.3 is 6.03 Å². The fourth-order valence-corrected chi connectivity index (χ4v) is 2.95. The van der Waals surface area contributed by atoms with E-state index in [1.165, 1.54) is 6.42 Å². The summed E-state index contributed by atoms with van der Waals surface area (Å²) in [6, 6.07) is 8.98. The van der Waals surface area contributed by atoms with Gasteiger partial charge in [0.1, 0.15) is 11.3 Å². The third-order valence-corrected chi connectivity index (χ3v) is 4.33. The first-order valence-corrected chi connectivity index (χ1v) is 8.44. The second-order valence-electron chi connectivity index (χ2n) is 6.18. The Morgan fingerprint density at radius 1 is 1.21 bits per heavy atom. The van der Waals surface area contributed by atoms with Crippen molar-refractivity contribution in [2.75, 3.05) is 19.6 Å². The summed E-state index contributed by atoms with van der Waals surface area (Å²) in [5.41, 5.74) is 0.793. The lowest BCUT2D eigenvalue weighted by atomic mass is 10.1. The van der Waals surface area contributed by atoms with Crippen molar-refractivity contribution in [1.82, 2.24) is 15.5 Å². The first-order valence-electron chi connectivity index (χ1n) is 8.44. The number of nitrogens with zero attached hydrogens (tertiary/aromatic N) is 1. The zero-order valence-corrected chi connectivity index (χ0v) is 13.9. The molecule has 3 rings (SSSR count). The largest absolute Gasteiger partial charge is 0.459 e. The molecule has 2 aromatic rings. The molecule has 6 nitrogen and oxygen atoms in total. The maximum absolute atomic E-state index is 12.0. The summed E-state index contributed by atoms with van der Waals surface area (Å²) in [6.45, 7) is 3.46. The Hall–Kier alpha value is -2.50. The van der Waals surface area contributed by atoms with Crippen LogP contribution in [0.4, 0.5) is 4.79 Å². The van der Waals surface area contributed by atoms with Crippen molar-refractivity contribution in [3.8, 4) is 0 Å². The molecular formula is C18H23N3O3. The Morgan fingerprint density at radius 3 is 2.71 bits per heavy atom. The second kappa shape index (κ2) is 7.38. The Bertz CT molecular complexity index is 686. The molecule has 0 radical (unpaired) electrons. The Morgan fingerprint density at radius 2 is 1.96 bits per heavy atom. The van der Waals surface area contributed by atoms with Crippen LogP contribution >= 0.6 is 0 Å². The predicted octanol–water partition coefficient (Wildman–Crippen LogP) is 2.81. The summed E-state index contributed by atoms with van der Waals surface area (Å²) >= 11 is 0. The molecule has 1 saturated heterocycles. The van der Waals surface area contributed by atoms with Crippen LogP contribution in [0.2, 0.25) is 0 Å². The highest BCUT2D eigenvalue weighted by molar-refractivity contribution is 5.84. The molecule has 0 spiro atoms. The van der Waals surface area contributed by atoms with Crippen LogP contribution in [-0.2, 0) is 4.79 Å². The Kier molecular flexibility index (Phi) is 5.03. The lowest BCUT2D eigenvalue weighted by Crippen LogP contribution is -2.45. The molecule has 1 aromatic heterocycles. The molecule has 1 atom stereocenters. The van der Waals surface area contributed by atoms with Gasteiger partial charge in [0.2, 0.25) is 5.91 Å². The Labute approximate surface area is 141 Å². The molecule has 1 fully saturated rings. The highest BCUT2D eigenvalue weighted by Gasteiger charge is 2.18. The van der Waals surface area contributed by atoms with Crippen molar-refractivity contribution >= 4 is 22.9 Å². The molecule has 128 valence electrons. The number of hydrogen-bond donors (Lipinski definition) is 2. The van der Waals surface area contributed by atoms with Gasteiger partial charge in [0.15, 0.2) is 0 Å². The molecule has 2 N–H and O–H groups in total. The van der Waals surface area contributed by atoms with Crippen molar-refractivity contribution in [3.63, 3.8) is 0 Å². The van der Waals surface area contributed by atoms with Crippen LogP contribution in [-0.4, -0.2) is 36.5 Å². The molecule has 1 aliphatic heterocycles. The van der Waals surface area contributed by atoms with Gasteiger partial charge in [-0.3, -0.25) is 4.79 Å². The average Bonchev–Trinajstić information content (AvgIpc) is 3.05. The minimum Gasteiger partial charge on any atom is -0.459 e. The van der Waals surface area contributed by atoms with E-state index in [-0.39, 0.29) is 24.5 Å². The summed E-state index contributed by atoms with van der Waals surface area (Å²) in [4.78, 5) is 25.8. The number of carbonyl (C=O) groups excluding carboxylic acids is 2. The predicted molar refractivity (Wildman–Crippen MR) is 91.6 cm³/mol. The molecule has 1 aliphatic rings. The molecule has 0 saturated carbocycles. The van der Waals surface area contributed by atoms with E-state index in [1.54, 1.807) is 0 Å². The monoisotopic (exact) mass is 329 g/mol. The number of furan rings is 1. The van der Waals surface area contributed by atoms with E-state index in [1.807, 2.05) is 42.2 Å². The van der Waals surface area contributed by atoms with Crippen LogP contribution in [0.15, 0.2) is 34.7 Å². The van der Waals surface area contributed by atoms with Crippen molar-refractivity contribution in [1.29, 1.82) is 0 Å². The SMILES string of the molecule is C[C@H](NC(=O)NCC(=O)N1CCCCC1)c1cc2ccccc2o1. The minimum atomic E-state index is -0.367. The van der Waals surface area contributed by atoms with Gasteiger partial charge < -0.3 is 20.0 Å². The standard InChI is InChI=1S/C18H23N3O3/c1-13(16-11-14-7-3-4-8-15(14)24-16)20-18(23)19-12-17(22)21-9-5-2-6-10-21/h3-4,7-8,11,13H,2,5-6,9-10,12H2,1H3,(H2,19,20,23)/t13-/m0/s1. The molecule has 0 aliphatic carbocycles. The molecule has 24 heavy (non-hydrogen) atoms. The smallest absolute Gasteiger partial charge is 0.315 e. The second-order valence-corrected chi connectivity index (χ2v) is 6.18. The number of para-hydroxylation sites is 1. The molecule has 0 unspecified atom stereocenters. The van der Waals surface area contributed by atoms with Crippen LogP contribution in [0.3, 0.4) is 0 Å². The number of amides is 3. The third kappa shape index (κ3) is 3.88. The van der Waals surface area contributed by atoms with Gasteiger partial charge in [0.05, 0.1) is 12.6 Å². The van der Waals surface area contributed by atoms with Crippen molar-refractivity contribution < 1.29 is 14.0 Å². The van der Waals surface area contributed by atoms with Crippen LogP contribution < -0.4 is 10.6 Å². The fraction of sp³-hybridized carbons (Fsp3) is 0.444.